The van der Waals surface area contributed by atoms with Crippen LogP contribution in [-0.2, 0) is 4.79 Å². The lowest BCUT2D eigenvalue weighted by atomic mass is 9.87. The average Bonchev–Trinajstić information content (AvgIpc) is 2.94. The molecule has 0 aromatic heterocycles. The first kappa shape index (κ1) is 15.1. The van der Waals surface area contributed by atoms with E-state index in [0.717, 1.165) is 31.2 Å². The summed E-state index contributed by atoms with van der Waals surface area (Å²) in [5.74, 6) is -0.125. The van der Waals surface area contributed by atoms with Gasteiger partial charge in [-0.05, 0) is 36.6 Å². The average molecular weight is 294 g/mol. The molecule has 1 aromatic carbocycles. The Balaban J connectivity index is 1.84. The van der Waals surface area contributed by atoms with Gasteiger partial charge in [0, 0.05) is 23.1 Å². The zero-order chi connectivity index (χ0) is 14.4. The minimum Gasteiger partial charge on any atom is -0.396 e. The van der Waals surface area contributed by atoms with Gasteiger partial charge >= 0.3 is 0 Å². The monoisotopic (exact) mass is 293 g/mol. The number of hydrogen-bond acceptors (Lipinski definition) is 2. The highest BCUT2D eigenvalue weighted by atomic mass is 35.5. The molecule has 1 saturated carbocycles. The highest BCUT2D eigenvalue weighted by molar-refractivity contribution is 6.30. The van der Waals surface area contributed by atoms with Crippen molar-refractivity contribution in [2.45, 2.75) is 25.7 Å². The van der Waals surface area contributed by atoms with Crippen LogP contribution in [0.15, 0.2) is 30.3 Å². The molecule has 3 nitrogen and oxygen atoms in total. The number of aliphatic hydroxyl groups is 1. The molecular weight excluding hydrogens is 274 g/mol. The third-order valence-electron chi connectivity index (χ3n) is 3.93. The number of carbonyl (C=O) groups is 1. The van der Waals surface area contributed by atoms with Gasteiger partial charge in [0.2, 0.25) is 5.91 Å². The van der Waals surface area contributed by atoms with E-state index >= 15 is 0 Å². The van der Waals surface area contributed by atoms with Crippen molar-refractivity contribution in [2.24, 2.45) is 5.41 Å². The molecule has 0 bridgehead atoms. The summed E-state index contributed by atoms with van der Waals surface area (Å²) >= 11 is 5.80. The first-order valence-corrected chi connectivity index (χ1v) is 7.34. The van der Waals surface area contributed by atoms with Crippen molar-refractivity contribution in [1.82, 2.24) is 5.32 Å². The summed E-state index contributed by atoms with van der Waals surface area (Å²) in [4.78, 5) is 11.8. The van der Waals surface area contributed by atoms with Crippen LogP contribution >= 0.6 is 11.6 Å². The van der Waals surface area contributed by atoms with E-state index in [1.54, 1.807) is 18.2 Å². The third-order valence-corrected chi connectivity index (χ3v) is 4.19. The van der Waals surface area contributed by atoms with Gasteiger partial charge in [-0.15, -0.1) is 0 Å². The first-order valence-electron chi connectivity index (χ1n) is 6.96. The van der Waals surface area contributed by atoms with Crippen molar-refractivity contribution >= 4 is 23.6 Å². The van der Waals surface area contributed by atoms with Crippen LogP contribution in [-0.4, -0.2) is 24.2 Å². The molecular formula is C16H20ClNO2. The topological polar surface area (TPSA) is 49.3 Å². The Bertz CT molecular complexity index is 476. The Labute approximate surface area is 124 Å². The molecule has 1 fully saturated rings. The van der Waals surface area contributed by atoms with Gasteiger partial charge < -0.3 is 10.4 Å². The molecule has 1 amide bonds. The zero-order valence-corrected chi connectivity index (χ0v) is 12.2. The molecule has 0 aliphatic heterocycles. The summed E-state index contributed by atoms with van der Waals surface area (Å²) in [5.41, 5.74) is 0.825. The highest BCUT2D eigenvalue weighted by Gasteiger charge is 2.33. The van der Waals surface area contributed by atoms with E-state index in [9.17, 15) is 9.90 Å². The molecule has 2 N–H and O–H groups in total. The predicted octanol–water partition coefficient (Wildman–Crippen LogP) is 3.02. The van der Waals surface area contributed by atoms with Crippen LogP contribution in [0.2, 0.25) is 5.02 Å². The Morgan fingerprint density at radius 2 is 1.95 bits per heavy atom. The predicted molar refractivity (Wildman–Crippen MR) is 81.5 cm³/mol. The van der Waals surface area contributed by atoms with Crippen LogP contribution in [0.5, 0.6) is 0 Å². The fourth-order valence-corrected chi connectivity index (χ4v) is 2.72. The lowest BCUT2D eigenvalue weighted by molar-refractivity contribution is -0.117. The van der Waals surface area contributed by atoms with Gasteiger partial charge in [0.1, 0.15) is 0 Å². The van der Waals surface area contributed by atoms with Crippen LogP contribution in [0.4, 0.5) is 0 Å². The van der Waals surface area contributed by atoms with Gasteiger partial charge in [0.25, 0.3) is 0 Å². The van der Waals surface area contributed by atoms with E-state index in [0.29, 0.717) is 11.6 Å². The molecule has 2 rings (SSSR count). The molecule has 20 heavy (non-hydrogen) atoms. The number of rotatable bonds is 5. The van der Waals surface area contributed by atoms with Crippen molar-refractivity contribution in [3.63, 3.8) is 0 Å². The van der Waals surface area contributed by atoms with Gasteiger partial charge in [0.15, 0.2) is 0 Å². The lowest BCUT2D eigenvalue weighted by Gasteiger charge is -2.26. The summed E-state index contributed by atoms with van der Waals surface area (Å²) in [5, 5.41) is 13.0. The summed E-state index contributed by atoms with van der Waals surface area (Å²) in [6, 6.07) is 7.30. The SMILES string of the molecule is O=C(/C=C/c1ccc(Cl)cc1)NCC1(CO)CCCC1. The molecule has 0 radical (unpaired) electrons. The van der Waals surface area contributed by atoms with Crippen molar-refractivity contribution in [2.75, 3.05) is 13.2 Å². The summed E-state index contributed by atoms with van der Waals surface area (Å²) in [6.45, 7) is 0.696. The van der Waals surface area contributed by atoms with Crippen LogP contribution in [0, 0.1) is 5.41 Å². The smallest absolute Gasteiger partial charge is 0.244 e. The van der Waals surface area contributed by atoms with E-state index in [1.807, 2.05) is 12.1 Å². The Kier molecular flexibility index (Phi) is 5.21. The highest BCUT2D eigenvalue weighted by Crippen LogP contribution is 2.36. The van der Waals surface area contributed by atoms with E-state index in [1.165, 1.54) is 6.08 Å². The number of carbonyl (C=O) groups excluding carboxylic acids is 1. The molecule has 1 aromatic rings. The van der Waals surface area contributed by atoms with E-state index in [4.69, 9.17) is 11.6 Å². The number of nitrogens with one attached hydrogen (secondary N) is 1. The molecule has 0 spiro atoms. The van der Waals surface area contributed by atoms with Crippen LogP contribution in [0.1, 0.15) is 31.2 Å². The standard InChI is InChI=1S/C16H20ClNO2/c17-14-6-3-13(4-7-14)5-8-15(20)18-11-16(12-19)9-1-2-10-16/h3-8,19H,1-2,9-12H2,(H,18,20)/b8-5+. The maximum Gasteiger partial charge on any atom is 0.244 e. The number of halogens is 1. The lowest BCUT2D eigenvalue weighted by Crippen LogP contribution is -2.37. The third kappa shape index (κ3) is 4.09. The maximum absolute atomic E-state index is 11.8. The second kappa shape index (κ2) is 6.91. The first-order chi connectivity index (χ1) is 9.63. The molecule has 4 heteroatoms. The minimum atomic E-state index is -0.125. The second-order valence-corrected chi connectivity index (χ2v) is 5.90. The van der Waals surface area contributed by atoms with Crippen molar-refractivity contribution < 1.29 is 9.90 Å². The molecule has 0 unspecified atom stereocenters. The Morgan fingerprint density at radius 3 is 2.55 bits per heavy atom. The van der Waals surface area contributed by atoms with Gasteiger partial charge in [-0.3, -0.25) is 4.79 Å². The van der Waals surface area contributed by atoms with E-state index in [2.05, 4.69) is 5.32 Å². The molecule has 0 heterocycles. The van der Waals surface area contributed by atoms with Gasteiger partial charge in [-0.25, -0.2) is 0 Å². The molecule has 1 aliphatic rings. The molecule has 0 saturated heterocycles. The summed E-state index contributed by atoms with van der Waals surface area (Å²) < 4.78 is 0. The number of aliphatic hydroxyl groups excluding tert-OH is 1. The fraction of sp³-hybridized carbons (Fsp3) is 0.438. The normalized spacial score (nSPS) is 17.5. The molecule has 108 valence electrons. The minimum absolute atomic E-state index is 0.107. The van der Waals surface area contributed by atoms with Crippen molar-refractivity contribution in [1.29, 1.82) is 0 Å². The van der Waals surface area contributed by atoms with Crippen LogP contribution in [0.25, 0.3) is 6.08 Å². The van der Waals surface area contributed by atoms with Crippen molar-refractivity contribution in [3.05, 3.63) is 40.9 Å². The fourth-order valence-electron chi connectivity index (χ4n) is 2.60. The second-order valence-electron chi connectivity index (χ2n) is 5.47. The summed E-state index contributed by atoms with van der Waals surface area (Å²) in [6.07, 6.45) is 7.53. The largest absolute Gasteiger partial charge is 0.396 e. The van der Waals surface area contributed by atoms with Gasteiger partial charge in [-0.1, -0.05) is 36.6 Å². The number of hydrogen-bond donors (Lipinski definition) is 2. The molecule has 0 atom stereocenters. The zero-order valence-electron chi connectivity index (χ0n) is 11.4. The maximum atomic E-state index is 11.8. The quantitative estimate of drug-likeness (QED) is 0.820. The van der Waals surface area contributed by atoms with Crippen LogP contribution < -0.4 is 5.32 Å². The Morgan fingerprint density at radius 1 is 1.30 bits per heavy atom. The number of benzene rings is 1. The van der Waals surface area contributed by atoms with E-state index in [-0.39, 0.29) is 17.9 Å². The Hall–Kier alpha value is -1.32. The molecule has 1 aliphatic carbocycles. The summed E-state index contributed by atoms with van der Waals surface area (Å²) in [7, 11) is 0. The van der Waals surface area contributed by atoms with Gasteiger partial charge in [-0.2, -0.15) is 0 Å². The van der Waals surface area contributed by atoms with Gasteiger partial charge in [0.05, 0.1) is 6.61 Å². The number of amides is 1. The van der Waals surface area contributed by atoms with E-state index < -0.39 is 0 Å². The van der Waals surface area contributed by atoms with Crippen LogP contribution in [0.3, 0.4) is 0 Å². The van der Waals surface area contributed by atoms with Crippen molar-refractivity contribution in [3.8, 4) is 0 Å².